The molecule has 2 aromatic carbocycles. The van der Waals surface area contributed by atoms with Crippen LogP contribution in [0.5, 0.6) is 0 Å². The number of nitrogens with one attached hydrogen (secondary N) is 3. The van der Waals surface area contributed by atoms with Crippen LogP contribution in [0, 0.1) is 13.8 Å². The van der Waals surface area contributed by atoms with Gasteiger partial charge in [-0.05, 0) is 55.4 Å². The predicted molar refractivity (Wildman–Crippen MR) is 121 cm³/mol. The molecule has 4 nitrogen and oxygen atoms in total. The molecule has 1 amide bonds. The van der Waals surface area contributed by atoms with E-state index in [1.165, 1.54) is 0 Å². The highest BCUT2D eigenvalue weighted by atomic mass is 79.9. The van der Waals surface area contributed by atoms with Crippen LogP contribution in [0.3, 0.4) is 0 Å². The summed E-state index contributed by atoms with van der Waals surface area (Å²) in [5.74, 6) is -0.407. The molecule has 0 radical (unpaired) electrons. The molecule has 0 bridgehead atoms. The van der Waals surface area contributed by atoms with Crippen LogP contribution < -0.4 is 16.0 Å². The zero-order valence-corrected chi connectivity index (χ0v) is 19.1. The normalized spacial score (nSPS) is 12.2. The van der Waals surface area contributed by atoms with Gasteiger partial charge in [-0.25, -0.2) is 0 Å². The van der Waals surface area contributed by atoms with E-state index in [2.05, 4.69) is 31.9 Å². The molecule has 0 aromatic heterocycles. The van der Waals surface area contributed by atoms with Crippen LogP contribution >= 0.6 is 63.0 Å². The highest BCUT2D eigenvalue weighted by Crippen LogP contribution is 2.29. The highest BCUT2D eigenvalue weighted by Gasteiger charge is 2.35. The van der Waals surface area contributed by atoms with Gasteiger partial charge in [0.05, 0.1) is 0 Å². The summed E-state index contributed by atoms with van der Waals surface area (Å²) in [6, 6.07) is 12.7. The van der Waals surface area contributed by atoms with Crippen molar-refractivity contribution in [2.24, 2.45) is 0 Å². The lowest BCUT2D eigenvalue weighted by atomic mass is 10.1. The topological polar surface area (TPSA) is 53.2 Å². The number of hydrogen-bond acceptors (Lipinski definition) is 2. The fourth-order valence-electron chi connectivity index (χ4n) is 2.34. The minimum absolute atomic E-state index is 0.221. The minimum Gasteiger partial charge on any atom is -0.339 e. The summed E-state index contributed by atoms with van der Waals surface area (Å²) in [6.45, 7) is 3.92. The van der Waals surface area contributed by atoms with E-state index >= 15 is 0 Å². The van der Waals surface area contributed by atoms with Crippen LogP contribution in [-0.2, 0) is 0 Å². The molecule has 9 heteroatoms. The van der Waals surface area contributed by atoms with Crippen molar-refractivity contribution in [3.8, 4) is 0 Å². The van der Waals surface area contributed by atoms with Gasteiger partial charge in [-0.2, -0.15) is 0 Å². The molecule has 2 aromatic rings. The second-order valence-electron chi connectivity index (χ2n) is 5.82. The molecular formula is C18H17BrCl3N3OS. The van der Waals surface area contributed by atoms with E-state index in [0.29, 0.717) is 5.56 Å². The number of thiocarbonyl (C=S) groups is 1. The first-order valence-electron chi connectivity index (χ1n) is 7.85. The van der Waals surface area contributed by atoms with Crippen LogP contribution in [0.1, 0.15) is 21.5 Å². The first kappa shape index (κ1) is 22.2. The van der Waals surface area contributed by atoms with Crippen molar-refractivity contribution in [3.05, 3.63) is 63.6 Å². The summed E-state index contributed by atoms with van der Waals surface area (Å²) >= 11 is 26.7. The fraction of sp³-hybridized carbons (Fsp3) is 0.222. The SMILES string of the molecule is Cc1cccc(C)c1NC(=S)NC(NC(=O)c1cccc(Br)c1)C(Cl)(Cl)Cl. The lowest BCUT2D eigenvalue weighted by Crippen LogP contribution is -2.56. The quantitative estimate of drug-likeness (QED) is 0.290. The number of carbonyl (C=O) groups excluding carboxylic acids is 1. The fourth-order valence-corrected chi connectivity index (χ4v) is 3.28. The number of aryl methyl sites for hydroxylation is 2. The van der Waals surface area contributed by atoms with Crippen LogP contribution in [0.4, 0.5) is 5.69 Å². The number of amides is 1. The van der Waals surface area contributed by atoms with Crippen molar-refractivity contribution in [3.63, 3.8) is 0 Å². The Kier molecular flexibility index (Phi) is 7.77. The number of rotatable bonds is 4. The van der Waals surface area contributed by atoms with Gasteiger partial charge in [-0.1, -0.05) is 75.0 Å². The zero-order chi connectivity index (χ0) is 20.2. The van der Waals surface area contributed by atoms with E-state index in [-0.39, 0.29) is 5.11 Å². The summed E-state index contributed by atoms with van der Waals surface area (Å²) in [6.07, 6.45) is -1.04. The lowest BCUT2D eigenvalue weighted by molar-refractivity contribution is 0.0934. The number of carbonyl (C=O) groups is 1. The van der Waals surface area contributed by atoms with E-state index < -0.39 is 15.9 Å². The number of benzene rings is 2. The van der Waals surface area contributed by atoms with Crippen LogP contribution in [0.25, 0.3) is 0 Å². The molecule has 27 heavy (non-hydrogen) atoms. The number of para-hydroxylation sites is 1. The predicted octanol–water partition coefficient (Wildman–Crippen LogP) is 5.48. The minimum atomic E-state index is -1.83. The number of halogens is 4. The van der Waals surface area contributed by atoms with Crippen molar-refractivity contribution < 1.29 is 4.79 Å². The maximum absolute atomic E-state index is 12.5. The maximum atomic E-state index is 12.5. The van der Waals surface area contributed by atoms with Crippen molar-refractivity contribution in [1.82, 2.24) is 10.6 Å². The average molecular weight is 510 g/mol. The molecule has 144 valence electrons. The number of hydrogen-bond donors (Lipinski definition) is 3. The summed E-state index contributed by atoms with van der Waals surface area (Å²) in [5.41, 5.74) is 3.31. The van der Waals surface area contributed by atoms with Gasteiger partial charge in [-0.3, -0.25) is 4.79 Å². The Morgan fingerprint density at radius 3 is 2.22 bits per heavy atom. The average Bonchev–Trinajstić information content (AvgIpc) is 2.57. The summed E-state index contributed by atoms with van der Waals surface area (Å²) in [4.78, 5) is 12.5. The number of anilines is 1. The molecular weight excluding hydrogens is 493 g/mol. The first-order chi connectivity index (χ1) is 12.6. The molecule has 1 atom stereocenters. The molecule has 0 aliphatic carbocycles. The van der Waals surface area contributed by atoms with Gasteiger partial charge in [0.1, 0.15) is 6.17 Å². The van der Waals surface area contributed by atoms with E-state index in [0.717, 1.165) is 21.3 Å². The summed E-state index contributed by atoms with van der Waals surface area (Å²) in [7, 11) is 0. The highest BCUT2D eigenvalue weighted by molar-refractivity contribution is 9.10. The zero-order valence-electron chi connectivity index (χ0n) is 14.4. The number of alkyl halides is 3. The van der Waals surface area contributed by atoms with Gasteiger partial charge in [-0.15, -0.1) is 0 Å². The van der Waals surface area contributed by atoms with Crippen LogP contribution in [0.15, 0.2) is 46.9 Å². The molecule has 0 saturated carbocycles. The molecule has 1 unspecified atom stereocenters. The van der Waals surface area contributed by atoms with Gasteiger partial charge < -0.3 is 16.0 Å². The molecule has 2 rings (SSSR count). The lowest BCUT2D eigenvalue weighted by Gasteiger charge is -2.28. The Labute approximate surface area is 187 Å². The Bertz CT molecular complexity index is 838. The smallest absolute Gasteiger partial charge is 0.253 e. The third-order valence-corrected chi connectivity index (χ3v) is 5.05. The monoisotopic (exact) mass is 507 g/mol. The molecule has 0 aliphatic rings. The Hall–Kier alpha value is -1.05. The van der Waals surface area contributed by atoms with E-state index in [4.69, 9.17) is 47.0 Å². The van der Waals surface area contributed by atoms with Crippen molar-refractivity contribution >= 4 is 79.7 Å². The maximum Gasteiger partial charge on any atom is 0.253 e. The Morgan fingerprint density at radius 2 is 1.67 bits per heavy atom. The molecule has 3 N–H and O–H groups in total. The van der Waals surface area contributed by atoms with Crippen molar-refractivity contribution in [2.75, 3.05) is 5.32 Å². The molecule has 0 fully saturated rings. The molecule has 0 saturated heterocycles. The molecule has 0 spiro atoms. The van der Waals surface area contributed by atoms with E-state index in [1.807, 2.05) is 38.1 Å². The molecule has 0 heterocycles. The third-order valence-electron chi connectivity index (χ3n) is 3.68. The van der Waals surface area contributed by atoms with Gasteiger partial charge >= 0.3 is 0 Å². The van der Waals surface area contributed by atoms with Gasteiger partial charge in [0, 0.05) is 15.7 Å². The first-order valence-corrected chi connectivity index (χ1v) is 10.2. The second kappa shape index (κ2) is 9.43. The second-order valence-corrected chi connectivity index (χ2v) is 9.52. The Morgan fingerprint density at radius 1 is 1.07 bits per heavy atom. The van der Waals surface area contributed by atoms with Crippen LogP contribution in [0.2, 0.25) is 0 Å². The van der Waals surface area contributed by atoms with E-state index in [1.54, 1.807) is 18.2 Å². The largest absolute Gasteiger partial charge is 0.339 e. The van der Waals surface area contributed by atoms with Crippen molar-refractivity contribution in [1.29, 1.82) is 0 Å². The van der Waals surface area contributed by atoms with Crippen LogP contribution in [-0.4, -0.2) is 21.0 Å². The summed E-state index contributed by atoms with van der Waals surface area (Å²) < 4.78 is -1.06. The standard InChI is InChI=1S/C18H17BrCl3N3OS/c1-10-5-3-6-11(2)14(10)23-17(27)25-16(18(20,21)22)24-15(26)12-7-4-8-13(19)9-12/h3-9,16H,1-2H3,(H,24,26)(H2,23,25,27). The van der Waals surface area contributed by atoms with Crippen molar-refractivity contribution in [2.45, 2.75) is 23.8 Å². The third kappa shape index (κ3) is 6.50. The van der Waals surface area contributed by atoms with E-state index in [9.17, 15) is 4.79 Å². The summed E-state index contributed by atoms with van der Waals surface area (Å²) in [5, 5.41) is 8.82. The molecule has 0 aliphatic heterocycles. The van der Waals surface area contributed by atoms with Gasteiger partial charge in [0.15, 0.2) is 5.11 Å². The van der Waals surface area contributed by atoms with Gasteiger partial charge in [0.25, 0.3) is 5.91 Å². The Balaban J connectivity index is 2.12. The van der Waals surface area contributed by atoms with Gasteiger partial charge in [0.2, 0.25) is 3.79 Å².